The van der Waals surface area contributed by atoms with Gasteiger partial charge in [0.2, 0.25) is 0 Å². The number of hydrogen-bond acceptors (Lipinski definition) is 2. The smallest absolute Gasteiger partial charge is 0.125 e. The van der Waals surface area contributed by atoms with E-state index >= 15 is 0 Å². The lowest BCUT2D eigenvalue weighted by molar-refractivity contribution is 0.0437. The van der Waals surface area contributed by atoms with Crippen molar-refractivity contribution in [2.45, 2.75) is 44.9 Å². The van der Waals surface area contributed by atoms with Crippen LogP contribution in [0.15, 0.2) is 48.5 Å². The molecule has 22 heavy (non-hydrogen) atoms. The van der Waals surface area contributed by atoms with E-state index in [1.54, 1.807) is 12.1 Å². The number of halogens is 1. The van der Waals surface area contributed by atoms with Gasteiger partial charge >= 0.3 is 0 Å². The predicted octanol–water partition coefficient (Wildman–Crippen LogP) is 4.61. The van der Waals surface area contributed by atoms with Crippen molar-refractivity contribution in [1.29, 1.82) is 0 Å². The van der Waals surface area contributed by atoms with Crippen LogP contribution < -0.4 is 10.1 Å². The van der Waals surface area contributed by atoms with Gasteiger partial charge in [0.25, 0.3) is 0 Å². The molecule has 0 aromatic heterocycles. The van der Waals surface area contributed by atoms with Crippen LogP contribution >= 0.6 is 0 Å². The monoisotopic (exact) mass is 299 g/mol. The molecule has 3 rings (SSSR count). The zero-order valence-electron chi connectivity index (χ0n) is 13.1. The van der Waals surface area contributed by atoms with Gasteiger partial charge in [-0.15, -0.1) is 0 Å². The lowest BCUT2D eigenvalue weighted by Gasteiger charge is -2.40. The van der Waals surface area contributed by atoms with Gasteiger partial charge in [0, 0.05) is 24.6 Å². The summed E-state index contributed by atoms with van der Waals surface area (Å²) < 4.78 is 19.7. The van der Waals surface area contributed by atoms with Gasteiger partial charge in [-0.3, -0.25) is 0 Å². The first-order chi connectivity index (χ1) is 10.6. The summed E-state index contributed by atoms with van der Waals surface area (Å²) in [6, 6.07) is 15.2. The van der Waals surface area contributed by atoms with E-state index in [0.717, 1.165) is 30.7 Å². The third-order valence-electron chi connectivity index (χ3n) is 4.48. The molecule has 2 aromatic rings. The van der Waals surface area contributed by atoms with Gasteiger partial charge < -0.3 is 10.1 Å². The molecule has 0 bridgehead atoms. The summed E-state index contributed by atoms with van der Waals surface area (Å²) in [5.41, 5.74) is 1.94. The van der Waals surface area contributed by atoms with E-state index in [4.69, 9.17) is 4.74 Å². The van der Waals surface area contributed by atoms with Crippen LogP contribution in [0.2, 0.25) is 0 Å². The first-order valence-electron chi connectivity index (χ1n) is 7.85. The molecule has 0 spiro atoms. The van der Waals surface area contributed by atoms with E-state index in [2.05, 4.69) is 31.3 Å². The second-order valence-corrected chi connectivity index (χ2v) is 6.21. The Morgan fingerprint density at radius 2 is 2.00 bits per heavy atom. The highest BCUT2D eigenvalue weighted by Gasteiger charge is 2.35. The molecule has 2 aromatic carbocycles. The van der Waals surface area contributed by atoms with Crippen molar-refractivity contribution in [3.63, 3.8) is 0 Å². The Kier molecular flexibility index (Phi) is 4.16. The molecule has 0 saturated carbocycles. The van der Waals surface area contributed by atoms with Crippen molar-refractivity contribution in [2.75, 3.05) is 0 Å². The second-order valence-electron chi connectivity index (χ2n) is 6.21. The van der Waals surface area contributed by atoms with E-state index in [9.17, 15) is 4.39 Å². The Balaban J connectivity index is 1.84. The highest BCUT2D eigenvalue weighted by atomic mass is 19.1. The Hall–Kier alpha value is -1.87. The third kappa shape index (κ3) is 3.14. The van der Waals surface area contributed by atoms with Crippen LogP contribution in [0.25, 0.3) is 0 Å². The summed E-state index contributed by atoms with van der Waals surface area (Å²) in [5, 5.41) is 3.56. The number of rotatable bonds is 4. The van der Waals surface area contributed by atoms with Gasteiger partial charge in [-0.1, -0.05) is 37.3 Å². The van der Waals surface area contributed by atoms with E-state index < -0.39 is 0 Å². The fourth-order valence-electron chi connectivity index (χ4n) is 2.97. The predicted molar refractivity (Wildman–Crippen MR) is 86.4 cm³/mol. The topological polar surface area (TPSA) is 21.3 Å². The molecule has 116 valence electrons. The first-order valence-corrected chi connectivity index (χ1v) is 7.85. The van der Waals surface area contributed by atoms with Crippen molar-refractivity contribution in [3.8, 4) is 5.75 Å². The van der Waals surface area contributed by atoms with Crippen molar-refractivity contribution in [2.24, 2.45) is 0 Å². The molecule has 2 nitrogen and oxygen atoms in total. The van der Waals surface area contributed by atoms with Crippen LogP contribution in [0.5, 0.6) is 5.75 Å². The molecule has 1 N–H and O–H groups in total. The fraction of sp³-hybridized carbons (Fsp3) is 0.368. The summed E-state index contributed by atoms with van der Waals surface area (Å²) in [6.45, 7) is 5.01. The van der Waals surface area contributed by atoms with Crippen LogP contribution in [-0.2, 0) is 6.54 Å². The highest BCUT2D eigenvalue weighted by Crippen LogP contribution is 2.41. The molecule has 2 unspecified atom stereocenters. The maximum Gasteiger partial charge on any atom is 0.125 e. The van der Waals surface area contributed by atoms with E-state index in [1.165, 1.54) is 11.6 Å². The maximum absolute atomic E-state index is 13.6. The fourth-order valence-corrected chi connectivity index (χ4v) is 2.97. The number of nitrogens with one attached hydrogen (secondary N) is 1. The first kappa shape index (κ1) is 15.0. The minimum Gasteiger partial charge on any atom is -0.487 e. The second kappa shape index (κ2) is 6.09. The molecule has 1 aliphatic heterocycles. The largest absolute Gasteiger partial charge is 0.487 e. The summed E-state index contributed by atoms with van der Waals surface area (Å²) >= 11 is 0. The average Bonchev–Trinajstić information content (AvgIpc) is 2.54. The maximum atomic E-state index is 13.6. The molecule has 0 aliphatic carbocycles. The number of ether oxygens (including phenoxy) is 1. The van der Waals surface area contributed by atoms with Crippen molar-refractivity contribution in [3.05, 3.63) is 65.5 Å². The zero-order chi connectivity index (χ0) is 15.6. The number of fused-ring (bicyclic) bond motifs is 1. The lowest BCUT2D eigenvalue weighted by Crippen LogP contribution is -2.41. The lowest BCUT2D eigenvalue weighted by atomic mass is 9.86. The van der Waals surface area contributed by atoms with E-state index in [0.29, 0.717) is 0 Å². The normalized spacial score (nSPS) is 23.7. The molecule has 0 amide bonds. The Bertz CT molecular complexity index is 643. The van der Waals surface area contributed by atoms with Crippen molar-refractivity contribution >= 4 is 0 Å². The zero-order valence-corrected chi connectivity index (χ0v) is 13.1. The van der Waals surface area contributed by atoms with Crippen LogP contribution in [0.1, 0.15) is 43.9 Å². The van der Waals surface area contributed by atoms with E-state index in [1.807, 2.05) is 18.2 Å². The van der Waals surface area contributed by atoms with Gasteiger partial charge in [-0.2, -0.15) is 0 Å². The van der Waals surface area contributed by atoms with Gasteiger partial charge in [0.15, 0.2) is 0 Å². The third-order valence-corrected chi connectivity index (χ3v) is 4.48. The number of benzene rings is 2. The van der Waals surface area contributed by atoms with Gasteiger partial charge in [-0.05, 0) is 37.1 Å². The van der Waals surface area contributed by atoms with Crippen LogP contribution in [0.3, 0.4) is 0 Å². The molecular formula is C19H22FNO. The SMILES string of the molecule is CCC1(C)CC(NCc2ccccc2)c2cc(F)ccc2O1. The van der Waals surface area contributed by atoms with Crippen molar-refractivity contribution < 1.29 is 9.13 Å². The molecule has 0 radical (unpaired) electrons. The van der Waals surface area contributed by atoms with Crippen LogP contribution in [-0.4, -0.2) is 5.60 Å². The van der Waals surface area contributed by atoms with Gasteiger partial charge in [-0.25, -0.2) is 4.39 Å². The van der Waals surface area contributed by atoms with Crippen molar-refractivity contribution in [1.82, 2.24) is 5.32 Å². The average molecular weight is 299 g/mol. The van der Waals surface area contributed by atoms with Gasteiger partial charge in [0.1, 0.15) is 17.2 Å². The summed E-state index contributed by atoms with van der Waals surface area (Å²) in [5.74, 6) is 0.580. The summed E-state index contributed by atoms with van der Waals surface area (Å²) in [4.78, 5) is 0. The molecular weight excluding hydrogens is 277 g/mol. The van der Waals surface area contributed by atoms with Crippen LogP contribution in [0, 0.1) is 5.82 Å². The molecule has 0 saturated heterocycles. The summed E-state index contributed by atoms with van der Waals surface area (Å²) in [7, 11) is 0. The molecule has 2 atom stereocenters. The highest BCUT2D eigenvalue weighted by molar-refractivity contribution is 5.39. The summed E-state index contributed by atoms with van der Waals surface area (Å²) in [6.07, 6.45) is 1.76. The number of hydrogen-bond donors (Lipinski definition) is 1. The Labute approximate surface area is 131 Å². The molecule has 0 fully saturated rings. The minimum absolute atomic E-state index is 0.101. The Morgan fingerprint density at radius 1 is 1.23 bits per heavy atom. The molecule has 1 aliphatic rings. The quantitative estimate of drug-likeness (QED) is 0.890. The standard InChI is InChI=1S/C19H22FNO/c1-3-19(2)12-17(21-13-14-7-5-4-6-8-14)16-11-15(20)9-10-18(16)22-19/h4-11,17,21H,3,12-13H2,1-2H3. The Morgan fingerprint density at radius 3 is 2.73 bits per heavy atom. The molecule has 1 heterocycles. The van der Waals surface area contributed by atoms with Crippen LogP contribution in [0.4, 0.5) is 4.39 Å². The van der Waals surface area contributed by atoms with Gasteiger partial charge in [0.05, 0.1) is 0 Å². The minimum atomic E-state index is -0.214. The molecule has 3 heteroatoms. The van der Waals surface area contributed by atoms with E-state index in [-0.39, 0.29) is 17.5 Å².